The van der Waals surface area contributed by atoms with Crippen LogP contribution in [0.2, 0.25) is 0 Å². The molecule has 0 spiro atoms. The van der Waals surface area contributed by atoms with Gasteiger partial charge in [-0.1, -0.05) is 46.1 Å². The highest BCUT2D eigenvalue weighted by Crippen LogP contribution is 2.31. The molecule has 0 aromatic heterocycles. The molecule has 1 saturated carbocycles. The van der Waals surface area contributed by atoms with Crippen molar-refractivity contribution in [3.8, 4) is 11.5 Å². The minimum absolute atomic E-state index is 0.0502. The Kier molecular flexibility index (Phi) is 9.72. The van der Waals surface area contributed by atoms with Crippen LogP contribution in [0.4, 0.5) is 5.69 Å². The van der Waals surface area contributed by atoms with E-state index in [0.717, 1.165) is 37.7 Å². The Morgan fingerprint density at radius 3 is 2.21 bits per heavy atom. The first-order valence-corrected chi connectivity index (χ1v) is 13.1. The third-order valence-corrected chi connectivity index (χ3v) is 6.92. The SMILES string of the molecule is COc1ccc(CCN(C(=O)C(C)(C)C)C(C(=O)NC2CCCCC2)c2ccc([N+](=O)[O-])cc2)cc1OC. The van der Waals surface area contributed by atoms with Crippen LogP contribution >= 0.6 is 0 Å². The number of non-ortho nitro benzene ring substituents is 1. The highest BCUT2D eigenvalue weighted by atomic mass is 16.6. The number of rotatable bonds is 10. The van der Waals surface area contributed by atoms with Crippen molar-refractivity contribution in [1.29, 1.82) is 0 Å². The number of methoxy groups -OCH3 is 2. The number of hydrogen-bond acceptors (Lipinski definition) is 6. The van der Waals surface area contributed by atoms with E-state index >= 15 is 0 Å². The van der Waals surface area contributed by atoms with Gasteiger partial charge in [0.25, 0.3) is 5.69 Å². The summed E-state index contributed by atoms with van der Waals surface area (Å²) < 4.78 is 10.8. The van der Waals surface area contributed by atoms with E-state index in [2.05, 4.69) is 5.32 Å². The molecule has 0 saturated heterocycles. The molecule has 1 aliphatic rings. The summed E-state index contributed by atoms with van der Waals surface area (Å²) in [6, 6.07) is 10.6. The monoisotopic (exact) mass is 525 g/mol. The fraction of sp³-hybridized carbons (Fsp3) is 0.517. The molecule has 1 unspecified atom stereocenters. The second kappa shape index (κ2) is 12.8. The number of nitrogens with one attached hydrogen (secondary N) is 1. The van der Waals surface area contributed by atoms with E-state index in [0.29, 0.717) is 23.5 Å². The average molecular weight is 526 g/mol. The maximum atomic E-state index is 13.8. The van der Waals surface area contributed by atoms with Gasteiger partial charge >= 0.3 is 0 Å². The van der Waals surface area contributed by atoms with Crippen LogP contribution < -0.4 is 14.8 Å². The zero-order valence-corrected chi connectivity index (χ0v) is 23.0. The average Bonchev–Trinajstić information content (AvgIpc) is 2.90. The lowest BCUT2D eigenvalue weighted by molar-refractivity contribution is -0.384. The van der Waals surface area contributed by atoms with Crippen molar-refractivity contribution in [2.75, 3.05) is 20.8 Å². The number of nitro benzene ring substituents is 1. The standard InChI is InChI=1S/C29H39N3O6/c1-29(2,3)28(34)31(18-17-20-11-16-24(37-4)25(19-20)38-5)26(21-12-14-23(15-13-21)32(35)36)27(33)30-22-9-7-6-8-10-22/h11-16,19,22,26H,6-10,17-18H2,1-5H3,(H,30,33). The quantitative estimate of drug-likeness (QED) is 0.336. The van der Waals surface area contributed by atoms with Crippen molar-refractivity contribution in [3.05, 3.63) is 63.7 Å². The molecule has 2 amide bonds. The number of benzene rings is 2. The van der Waals surface area contributed by atoms with Crippen LogP contribution in [-0.4, -0.2) is 48.4 Å². The van der Waals surface area contributed by atoms with Gasteiger partial charge in [-0.25, -0.2) is 0 Å². The number of ether oxygens (including phenoxy) is 2. The lowest BCUT2D eigenvalue weighted by Gasteiger charge is -2.37. The van der Waals surface area contributed by atoms with E-state index in [1.54, 1.807) is 31.3 Å². The molecule has 1 aliphatic carbocycles. The molecule has 0 aliphatic heterocycles. The molecule has 206 valence electrons. The highest BCUT2D eigenvalue weighted by molar-refractivity contribution is 5.90. The fourth-order valence-corrected chi connectivity index (χ4v) is 4.84. The van der Waals surface area contributed by atoms with Gasteiger partial charge in [0, 0.05) is 30.1 Å². The van der Waals surface area contributed by atoms with Crippen LogP contribution in [0.25, 0.3) is 0 Å². The van der Waals surface area contributed by atoms with Gasteiger partial charge in [-0.15, -0.1) is 0 Å². The summed E-state index contributed by atoms with van der Waals surface area (Å²) >= 11 is 0. The van der Waals surface area contributed by atoms with Crippen LogP contribution in [0.15, 0.2) is 42.5 Å². The zero-order valence-electron chi connectivity index (χ0n) is 23.0. The first kappa shape index (κ1) is 28.9. The highest BCUT2D eigenvalue weighted by Gasteiger charge is 2.37. The summed E-state index contributed by atoms with van der Waals surface area (Å²) in [6.45, 7) is 5.74. The fourth-order valence-electron chi connectivity index (χ4n) is 4.84. The van der Waals surface area contributed by atoms with Crippen LogP contribution in [-0.2, 0) is 16.0 Å². The summed E-state index contributed by atoms with van der Waals surface area (Å²) in [5.74, 6) is 0.742. The normalized spacial score (nSPS) is 14.9. The minimum atomic E-state index is -0.926. The molecule has 9 nitrogen and oxygen atoms in total. The van der Waals surface area contributed by atoms with Gasteiger partial charge in [-0.3, -0.25) is 19.7 Å². The first-order valence-electron chi connectivity index (χ1n) is 13.1. The Hall–Kier alpha value is -3.62. The van der Waals surface area contributed by atoms with Gasteiger partial charge in [0.15, 0.2) is 11.5 Å². The van der Waals surface area contributed by atoms with Crippen LogP contribution in [0.1, 0.15) is 70.0 Å². The topological polar surface area (TPSA) is 111 Å². The Balaban J connectivity index is 1.98. The van der Waals surface area contributed by atoms with Gasteiger partial charge in [0.05, 0.1) is 19.1 Å². The third kappa shape index (κ3) is 7.24. The molecule has 0 radical (unpaired) electrons. The van der Waals surface area contributed by atoms with E-state index in [-0.39, 0.29) is 30.1 Å². The second-order valence-electron chi connectivity index (χ2n) is 10.8. The molecule has 1 atom stereocenters. The lowest BCUT2D eigenvalue weighted by atomic mass is 9.91. The van der Waals surface area contributed by atoms with E-state index in [1.807, 2.05) is 39.0 Å². The van der Waals surface area contributed by atoms with E-state index < -0.39 is 16.4 Å². The van der Waals surface area contributed by atoms with E-state index in [1.165, 1.54) is 12.1 Å². The largest absolute Gasteiger partial charge is 0.493 e. The first-order chi connectivity index (χ1) is 18.0. The van der Waals surface area contributed by atoms with Crippen molar-refractivity contribution in [1.82, 2.24) is 10.2 Å². The van der Waals surface area contributed by atoms with Crippen molar-refractivity contribution < 1.29 is 24.0 Å². The smallest absolute Gasteiger partial charge is 0.269 e. The van der Waals surface area contributed by atoms with Gasteiger partial charge in [-0.2, -0.15) is 0 Å². The number of carbonyl (C=O) groups excluding carboxylic acids is 2. The number of nitrogens with zero attached hydrogens (tertiary/aromatic N) is 2. The summed E-state index contributed by atoms with van der Waals surface area (Å²) in [5, 5.41) is 14.4. The van der Waals surface area contributed by atoms with Gasteiger partial charge in [0.1, 0.15) is 6.04 Å². The predicted molar refractivity (Wildman–Crippen MR) is 145 cm³/mol. The van der Waals surface area contributed by atoms with Crippen molar-refractivity contribution in [2.24, 2.45) is 5.41 Å². The molecule has 3 rings (SSSR count). The van der Waals surface area contributed by atoms with E-state index in [4.69, 9.17) is 9.47 Å². The van der Waals surface area contributed by atoms with Crippen LogP contribution in [0.5, 0.6) is 11.5 Å². The summed E-state index contributed by atoms with van der Waals surface area (Å²) in [5.41, 5.74) is 0.638. The number of nitro groups is 1. The Labute approximate surface area is 224 Å². The molecular weight excluding hydrogens is 486 g/mol. The van der Waals surface area contributed by atoms with E-state index in [9.17, 15) is 19.7 Å². The Morgan fingerprint density at radius 2 is 1.66 bits per heavy atom. The zero-order chi connectivity index (χ0) is 27.9. The Morgan fingerprint density at radius 1 is 1.03 bits per heavy atom. The summed E-state index contributed by atoms with van der Waals surface area (Å²) in [6.07, 6.45) is 5.53. The van der Waals surface area contributed by atoms with Gasteiger partial charge in [-0.05, 0) is 54.7 Å². The summed E-state index contributed by atoms with van der Waals surface area (Å²) in [4.78, 5) is 40.0. The van der Waals surface area contributed by atoms with Gasteiger partial charge < -0.3 is 19.7 Å². The van der Waals surface area contributed by atoms with Crippen LogP contribution in [0, 0.1) is 15.5 Å². The molecule has 1 N–H and O–H groups in total. The minimum Gasteiger partial charge on any atom is -0.493 e. The van der Waals surface area contributed by atoms with Crippen molar-refractivity contribution in [3.63, 3.8) is 0 Å². The lowest BCUT2D eigenvalue weighted by Crippen LogP contribution is -2.50. The number of carbonyl (C=O) groups is 2. The molecule has 2 aromatic rings. The van der Waals surface area contributed by atoms with Crippen molar-refractivity contribution in [2.45, 2.75) is 71.4 Å². The number of amides is 2. The Bertz CT molecular complexity index is 1120. The molecular formula is C29H39N3O6. The second-order valence-corrected chi connectivity index (χ2v) is 10.8. The maximum Gasteiger partial charge on any atom is 0.269 e. The molecule has 1 fully saturated rings. The third-order valence-electron chi connectivity index (χ3n) is 6.92. The van der Waals surface area contributed by atoms with Crippen LogP contribution in [0.3, 0.4) is 0 Å². The molecule has 2 aromatic carbocycles. The predicted octanol–water partition coefficient (Wildman–Crippen LogP) is 5.22. The molecule has 38 heavy (non-hydrogen) atoms. The molecule has 9 heteroatoms. The van der Waals surface area contributed by atoms with Gasteiger partial charge in [0.2, 0.25) is 11.8 Å². The molecule has 0 bridgehead atoms. The maximum absolute atomic E-state index is 13.8. The molecule has 0 heterocycles. The van der Waals surface area contributed by atoms with Crippen molar-refractivity contribution >= 4 is 17.5 Å². The summed E-state index contributed by atoms with van der Waals surface area (Å²) in [7, 11) is 3.14. The number of hydrogen-bond donors (Lipinski definition) is 1.